The number of furan rings is 1. The molecule has 0 saturated heterocycles. The monoisotopic (exact) mass is 302 g/mol. The third-order valence-electron chi connectivity index (χ3n) is 4.34. The highest BCUT2D eigenvalue weighted by molar-refractivity contribution is 5.96. The molecule has 0 aliphatic heterocycles. The summed E-state index contributed by atoms with van der Waals surface area (Å²) in [6.07, 6.45) is 0.790. The van der Waals surface area contributed by atoms with Gasteiger partial charge in [-0.25, -0.2) is 0 Å². The molecule has 4 nitrogen and oxygen atoms in total. The van der Waals surface area contributed by atoms with Crippen molar-refractivity contribution in [3.05, 3.63) is 35.1 Å². The topological polar surface area (TPSA) is 59.5 Å². The summed E-state index contributed by atoms with van der Waals surface area (Å²) in [6.45, 7) is 8.92. The molecule has 0 saturated carbocycles. The second kappa shape index (κ2) is 6.53. The first-order chi connectivity index (χ1) is 10.3. The van der Waals surface area contributed by atoms with Gasteiger partial charge in [-0.05, 0) is 55.5 Å². The lowest BCUT2D eigenvalue weighted by Gasteiger charge is -2.20. The third-order valence-corrected chi connectivity index (χ3v) is 4.34. The molecule has 120 valence electrons. The fourth-order valence-electron chi connectivity index (χ4n) is 2.37. The van der Waals surface area contributed by atoms with Gasteiger partial charge in [-0.15, -0.1) is 0 Å². The number of carbonyl (C=O) groups excluding carboxylic acids is 1. The Hall–Kier alpha value is -1.81. The molecule has 1 unspecified atom stereocenters. The van der Waals surface area contributed by atoms with Crippen molar-refractivity contribution in [3.63, 3.8) is 0 Å². The van der Waals surface area contributed by atoms with Gasteiger partial charge in [0.25, 0.3) is 5.91 Å². The standard InChI is InChI=1S/C18H26N2O2/c1-11(2)15(19)6-7-20(5)18(21)17-10-14-8-12(3)13(4)9-16(14)22-17/h8-11,15H,6-7,19H2,1-5H3. The number of rotatable bonds is 5. The summed E-state index contributed by atoms with van der Waals surface area (Å²) in [7, 11) is 1.79. The van der Waals surface area contributed by atoms with Crippen molar-refractivity contribution in [2.24, 2.45) is 11.7 Å². The second-order valence-electron chi connectivity index (χ2n) is 6.51. The van der Waals surface area contributed by atoms with Gasteiger partial charge in [-0.1, -0.05) is 13.8 Å². The quantitative estimate of drug-likeness (QED) is 0.919. The number of amides is 1. The van der Waals surface area contributed by atoms with Crippen LogP contribution in [0.4, 0.5) is 0 Å². The van der Waals surface area contributed by atoms with Gasteiger partial charge in [0.1, 0.15) is 5.58 Å². The number of fused-ring (bicyclic) bond motifs is 1. The van der Waals surface area contributed by atoms with Gasteiger partial charge in [0.2, 0.25) is 0 Å². The van der Waals surface area contributed by atoms with Crippen molar-refractivity contribution in [1.29, 1.82) is 0 Å². The zero-order valence-corrected chi connectivity index (χ0v) is 14.1. The zero-order valence-electron chi connectivity index (χ0n) is 14.1. The molecule has 0 fully saturated rings. The van der Waals surface area contributed by atoms with Crippen molar-refractivity contribution in [2.45, 2.75) is 40.2 Å². The molecule has 0 radical (unpaired) electrons. The zero-order chi connectivity index (χ0) is 16.4. The number of nitrogens with zero attached hydrogens (tertiary/aromatic N) is 1. The lowest BCUT2D eigenvalue weighted by Crippen LogP contribution is -2.34. The summed E-state index contributed by atoms with van der Waals surface area (Å²) in [5.74, 6) is 0.712. The maximum atomic E-state index is 12.5. The smallest absolute Gasteiger partial charge is 0.289 e. The van der Waals surface area contributed by atoms with E-state index in [1.54, 1.807) is 11.9 Å². The molecule has 22 heavy (non-hydrogen) atoms. The van der Waals surface area contributed by atoms with Gasteiger partial charge < -0.3 is 15.1 Å². The van der Waals surface area contributed by atoms with Gasteiger partial charge in [0.05, 0.1) is 0 Å². The molecule has 0 bridgehead atoms. The molecule has 1 aromatic heterocycles. The Morgan fingerprint density at radius 3 is 2.50 bits per heavy atom. The average Bonchev–Trinajstić information content (AvgIpc) is 2.86. The van der Waals surface area contributed by atoms with E-state index >= 15 is 0 Å². The summed E-state index contributed by atoms with van der Waals surface area (Å²) >= 11 is 0. The lowest BCUT2D eigenvalue weighted by atomic mass is 10.0. The van der Waals surface area contributed by atoms with E-state index in [9.17, 15) is 4.79 Å². The molecule has 1 heterocycles. The molecule has 2 N–H and O–H groups in total. The van der Waals surface area contributed by atoms with Crippen LogP contribution in [0.3, 0.4) is 0 Å². The molecule has 4 heteroatoms. The molecular formula is C18H26N2O2. The number of benzene rings is 1. The highest BCUT2D eigenvalue weighted by Gasteiger charge is 2.18. The first-order valence-corrected chi connectivity index (χ1v) is 7.81. The average molecular weight is 302 g/mol. The van der Waals surface area contributed by atoms with E-state index < -0.39 is 0 Å². The molecule has 2 rings (SSSR count). The van der Waals surface area contributed by atoms with Crippen LogP contribution in [0, 0.1) is 19.8 Å². The van der Waals surface area contributed by atoms with Gasteiger partial charge in [-0.2, -0.15) is 0 Å². The van der Waals surface area contributed by atoms with Crippen molar-refractivity contribution in [3.8, 4) is 0 Å². The maximum Gasteiger partial charge on any atom is 0.289 e. The third kappa shape index (κ3) is 3.50. The van der Waals surface area contributed by atoms with Crippen LogP contribution in [0.1, 0.15) is 41.9 Å². The minimum atomic E-state index is -0.0949. The van der Waals surface area contributed by atoms with Crippen LogP contribution >= 0.6 is 0 Å². The first kappa shape index (κ1) is 16.6. The predicted molar refractivity (Wildman–Crippen MR) is 90.1 cm³/mol. The normalized spacial score (nSPS) is 12.9. The second-order valence-corrected chi connectivity index (χ2v) is 6.51. The van der Waals surface area contributed by atoms with Crippen LogP contribution in [0.15, 0.2) is 22.6 Å². The summed E-state index contributed by atoms with van der Waals surface area (Å²) in [6, 6.07) is 5.97. The first-order valence-electron chi connectivity index (χ1n) is 7.81. The number of hydrogen-bond acceptors (Lipinski definition) is 3. The van der Waals surface area contributed by atoms with E-state index in [1.165, 1.54) is 5.56 Å². The molecule has 0 spiro atoms. The van der Waals surface area contributed by atoms with Crippen LogP contribution in [0.2, 0.25) is 0 Å². The van der Waals surface area contributed by atoms with Crippen molar-refractivity contribution >= 4 is 16.9 Å². The number of hydrogen-bond donors (Lipinski definition) is 1. The van der Waals surface area contributed by atoms with Gasteiger partial charge in [0, 0.05) is 25.0 Å². The summed E-state index contributed by atoms with van der Waals surface area (Å²) in [4.78, 5) is 14.1. The highest BCUT2D eigenvalue weighted by atomic mass is 16.3. The number of aryl methyl sites for hydroxylation is 2. The molecule has 1 atom stereocenters. The van der Waals surface area contributed by atoms with Crippen LogP contribution in [0.5, 0.6) is 0 Å². The van der Waals surface area contributed by atoms with Crippen molar-refractivity contribution in [2.75, 3.05) is 13.6 Å². The highest BCUT2D eigenvalue weighted by Crippen LogP contribution is 2.24. The Balaban J connectivity index is 2.12. The van der Waals surface area contributed by atoms with Gasteiger partial charge in [0.15, 0.2) is 5.76 Å². The fraction of sp³-hybridized carbons (Fsp3) is 0.500. The van der Waals surface area contributed by atoms with E-state index in [0.717, 1.165) is 23.0 Å². The molecule has 2 aromatic rings. The predicted octanol–water partition coefficient (Wildman–Crippen LogP) is 3.50. The van der Waals surface area contributed by atoms with E-state index in [2.05, 4.69) is 26.8 Å². The van der Waals surface area contributed by atoms with E-state index in [4.69, 9.17) is 10.2 Å². The molecular weight excluding hydrogens is 276 g/mol. The molecule has 0 aliphatic carbocycles. The number of carbonyl (C=O) groups is 1. The van der Waals surface area contributed by atoms with E-state index in [-0.39, 0.29) is 11.9 Å². The van der Waals surface area contributed by atoms with E-state index in [0.29, 0.717) is 18.2 Å². The largest absolute Gasteiger partial charge is 0.451 e. The van der Waals surface area contributed by atoms with Crippen molar-refractivity contribution < 1.29 is 9.21 Å². The van der Waals surface area contributed by atoms with Crippen LogP contribution in [0.25, 0.3) is 11.0 Å². The van der Waals surface area contributed by atoms with Crippen LogP contribution in [-0.4, -0.2) is 30.4 Å². The molecule has 1 aromatic carbocycles. The summed E-state index contributed by atoms with van der Waals surface area (Å²) in [5, 5.41) is 0.971. The number of nitrogens with two attached hydrogens (primary N) is 1. The van der Waals surface area contributed by atoms with Gasteiger partial charge >= 0.3 is 0 Å². The Morgan fingerprint density at radius 1 is 1.23 bits per heavy atom. The van der Waals surface area contributed by atoms with Crippen molar-refractivity contribution in [1.82, 2.24) is 4.90 Å². The Morgan fingerprint density at radius 2 is 1.86 bits per heavy atom. The minimum absolute atomic E-state index is 0.0949. The molecule has 1 amide bonds. The summed E-state index contributed by atoms with van der Waals surface area (Å²) in [5.41, 5.74) is 9.16. The van der Waals surface area contributed by atoms with E-state index in [1.807, 2.05) is 19.1 Å². The Bertz CT molecular complexity index is 634. The Kier molecular flexibility index (Phi) is 4.91. The van der Waals surface area contributed by atoms with Crippen LogP contribution in [-0.2, 0) is 0 Å². The van der Waals surface area contributed by atoms with Gasteiger partial charge in [-0.3, -0.25) is 4.79 Å². The fourth-order valence-corrected chi connectivity index (χ4v) is 2.37. The Labute approximate surface area is 132 Å². The summed E-state index contributed by atoms with van der Waals surface area (Å²) < 4.78 is 5.72. The minimum Gasteiger partial charge on any atom is -0.451 e. The molecule has 0 aliphatic rings. The maximum absolute atomic E-state index is 12.5. The van der Waals surface area contributed by atoms with Crippen LogP contribution < -0.4 is 5.73 Å². The SMILES string of the molecule is Cc1cc2cc(C(=O)N(C)CCC(N)C(C)C)oc2cc1C. The lowest BCUT2D eigenvalue weighted by molar-refractivity contribution is 0.0760.